The van der Waals surface area contributed by atoms with Crippen LogP contribution in [0.3, 0.4) is 0 Å². The van der Waals surface area contributed by atoms with Gasteiger partial charge in [0, 0.05) is 25.7 Å². The summed E-state index contributed by atoms with van der Waals surface area (Å²) in [5.74, 6) is 1.77. The van der Waals surface area contributed by atoms with Gasteiger partial charge < -0.3 is 0 Å². The minimum Gasteiger partial charge on any atom is -0.0894 e. The van der Waals surface area contributed by atoms with E-state index in [1.165, 1.54) is 54.3 Å². The Morgan fingerprint density at radius 1 is 0.427 bits per heavy atom. The van der Waals surface area contributed by atoms with Gasteiger partial charge in [-0.15, -0.1) is 0 Å². The molecular formula is C82H64N4OPtS. The van der Waals surface area contributed by atoms with Gasteiger partial charge in [0.1, 0.15) is 0 Å². The van der Waals surface area contributed by atoms with E-state index >= 15 is 0 Å². The van der Waals surface area contributed by atoms with Crippen LogP contribution in [0.15, 0.2) is 271 Å². The van der Waals surface area contributed by atoms with Gasteiger partial charge in [-0.05, 0) is 63.5 Å². The molecule has 0 fully saturated rings. The Balaban J connectivity index is 0.881. The van der Waals surface area contributed by atoms with Crippen molar-refractivity contribution in [2.75, 3.05) is 0 Å². The van der Waals surface area contributed by atoms with E-state index < -0.39 is 12.3 Å². The number of rotatable bonds is 8. The van der Waals surface area contributed by atoms with Gasteiger partial charge in [0.25, 0.3) is 0 Å². The van der Waals surface area contributed by atoms with Crippen molar-refractivity contribution in [1.82, 2.24) is 18.7 Å². The SMILES string of the molecule is [2H]C([2H])([2H])c1cc(-n2c3cc(Oc4cccc(-n5[c](=[Pt])n(-c6c(-c7ccccc7)cccc6-c6cc(C(C)(C)C)cc(C(C)(C)C)c6)c6ccccc65)c4)ccc3c3cc4c(cc32)C2(c3ccccc3Sc3ccccc32)c2ccccc2-4)ncc1-c1ccccc1. The fraction of sp³-hybridized carbons (Fsp3) is 0.122. The van der Waals surface area contributed by atoms with E-state index in [0.717, 1.165) is 75.8 Å². The van der Waals surface area contributed by atoms with Crippen LogP contribution in [0.25, 0.3) is 94.5 Å². The summed E-state index contributed by atoms with van der Waals surface area (Å²) in [5.41, 5.74) is 21.1. The number of ether oxygens (including phenoxy) is 1. The van der Waals surface area contributed by atoms with Crippen molar-refractivity contribution in [2.24, 2.45) is 0 Å². The van der Waals surface area contributed by atoms with Crippen molar-refractivity contribution in [1.29, 1.82) is 0 Å². The Morgan fingerprint density at radius 3 is 1.66 bits per heavy atom. The molecule has 14 aromatic rings. The summed E-state index contributed by atoms with van der Waals surface area (Å²) in [6.07, 6.45) is 1.73. The summed E-state index contributed by atoms with van der Waals surface area (Å²) in [4.78, 5) is 7.67. The van der Waals surface area contributed by atoms with Gasteiger partial charge in [-0.1, -0.05) is 103 Å². The molecule has 16 rings (SSSR count). The average Bonchev–Trinajstić information content (AvgIpc) is 1.49. The molecule has 1 spiro atoms. The topological polar surface area (TPSA) is 36.9 Å². The van der Waals surface area contributed by atoms with E-state index in [1.54, 1.807) is 12.3 Å². The molecule has 0 unspecified atom stereocenters. The third-order valence-electron chi connectivity index (χ3n) is 18.2. The fourth-order valence-electron chi connectivity index (χ4n) is 14.0. The van der Waals surface area contributed by atoms with Gasteiger partial charge in [0.05, 0.1) is 5.41 Å². The van der Waals surface area contributed by atoms with Crippen LogP contribution >= 0.6 is 11.8 Å². The van der Waals surface area contributed by atoms with Crippen LogP contribution in [0.2, 0.25) is 0 Å². The second kappa shape index (κ2) is 20.9. The predicted molar refractivity (Wildman–Crippen MR) is 364 cm³/mol. The number of imidazole rings is 1. The molecule has 0 saturated heterocycles. The quantitative estimate of drug-likeness (QED) is 0.152. The molecule has 5 nitrogen and oxygen atoms in total. The number of hydrogen-bond donors (Lipinski definition) is 0. The molecule has 4 heterocycles. The van der Waals surface area contributed by atoms with Crippen molar-refractivity contribution < 1.29 is 28.2 Å². The maximum atomic E-state index is 9.01. The first-order valence-electron chi connectivity index (χ1n) is 31.9. The Kier molecular flexibility index (Phi) is 12.1. The van der Waals surface area contributed by atoms with Crippen molar-refractivity contribution in [2.45, 2.75) is 74.4 Å². The Hall–Kier alpha value is -9.32. The monoisotopic (exact) mass is 1350 g/mol. The van der Waals surface area contributed by atoms with E-state index in [1.807, 2.05) is 48.2 Å². The number of aromatic nitrogens is 4. The fourth-order valence-corrected chi connectivity index (χ4v) is 16.3. The van der Waals surface area contributed by atoms with Crippen molar-refractivity contribution in [3.05, 3.63) is 304 Å². The predicted octanol–water partition coefficient (Wildman–Crippen LogP) is 21.5. The van der Waals surface area contributed by atoms with Crippen molar-refractivity contribution in [3.8, 4) is 73.2 Å². The van der Waals surface area contributed by atoms with E-state index in [-0.39, 0.29) is 16.4 Å². The molecule has 0 saturated carbocycles. The third-order valence-corrected chi connectivity index (χ3v) is 20.4. The molecule has 89 heavy (non-hydrogen) atoms. The minimum absolute atomic E-state index is 0.0762. The van der Waals surface area contributed by atoms with Crippen molar-refractivity contribution in [3.63, 3.8) is 0 Å². The van der Waals surface area contributed by atoms with Crippen LogP contribution in [0.5, 0.6) is 11.5 Å². The Bertz CT molecular complexity index is 5320. The number of nitrogens with zero attached hydrogens (tertiary/aromatic N) is 4. The normalized spacial score (nSPS) is 13.9. The molecular weight excluding hydrogens is 1280 g/mol. The number of benzene rings is 11. The van der Waals surface area contributed by atoms with Gasteiger partial charge in [-0.2, -0.15) is 0 Å². The third kappa shape index (κ3) is 8.85. The second-order valence-corrected chi connectivity index (χ2v) is 27.7. The van der Waals surface area contributed by atoms with Crippen LogP contribution < -0.4 is 4.74 Å². The van der Waals surface area contributed by atoms with Crippen LogP contribution in [0, 0.1) is 10.7 Å². The van der Waals surface area contributed by atoms with Crippen LogP contribution in [0.4, 0.5) is 0 Å². The first-order chi connectivity index (χ1) is 44.4. The molecule has 3 aromatic heterocycles. The molecule has 0 bridgehead atoms. The van der Waals surface area contributed by atoms with Crippen molar-refractivity contribution >= 4 is 44.6 Å². The number of aryl methyl sites for hydroxylation is 1. The molecule has 2 aliphatic rings. The zero-order valence-corrected chi connectivity index (χ0v) is 53.3. The maximum absolute atomic E-state index is 9.01. The molecule has 0 radical (unpaired) electrons. The molecule has 0 N–H and O–H groups in total. The summed E-state index contributed by atoms with van der Waals surface area (Å²) < 4.78 is 42.1. The summed E-state index contributed by atoms with van der Waals surface area (Å²) in [6, 6.07) is 90.7. The standard InChI is InChI=1S/C82H64N4OS.Pt/c1-52-42-78(83-50-67(52)54-26-12-9-13-27-54)86-74-47-60(40-41-64(74)66-48-65-63-30-14-15-33-68(63)82(71(65)49-75(66)86)69-34-16-20-38-76(69)88-77-39-21-17-35-70(77)82)87-59-29-22-28-58(46-59)84-51-85(73-37-19-18-36-72(73)84)79-61(53-24-10-8-11-25-53)31-23-32-62(79)55-43-56(80(2,3)4)45-57(44-55)81(5,6)7;/h8-50H,1-7H3;/i1D3;. The summed E-state index contributed by atoms with van der Waals surface area (Å²) in [5, 5.41) is 2.01. The molecule has 0 amide bonds. The molecule has 11 aromatic carbocycles. The van der Waals surface area contributed by atoms with Crippen LogP contribution in [0.1, 0.15) is 84.6 Å². The first kappa shape index (κ1) is 51.7. The van der Waals surface area contributed by atoms with Gasteiger partial charge in [-0.3, -0.25) is 0 Å². The zero-order valence-electron chi connectivity index (χ0n) is 53.2. The first-order valence-corrected chi connectivity index (χ1v) is 32.4. The minimum atomic E-state index is -2.45. The van der Waals surface area contributed by atoms with E-state index in [9.17, 15) is 0 Å². The molecule has 1 aliphatic carbocycles. The van der Waals surface area contributed by atoms with Crippen LogP contribution in [-0.4, -0.2) is 18.7 Å². The number of hydrogen-bond acceptors (Lipinski definition) is 3. The van der Waals surface area contributed by atoms with E-state index in [2.05, 4.69) is 287 Å². The number of fused-ring (bicyclic) bond motifs is 13. The molecule has 434 valence electrons. The van der Waals surface area contributed by atoms with E-state index in [0.29, 0.717) is 22.9 Å². The van der Waals surface area contributed by atoms with Gasteiger partial charge in [0.2, 0.25) is 0 Å². The summed E-state index contributed by atoms with van der Waals surface area (Å²) in [7, 11) is 0. The molecule has 1 aliphatic heterocycles. The van der Waals surface area contributed by atoms with Gasteiger partial charge in [0.15, 0.2) is 0 Å². The summed E-state index contributed by atoms with van der Waals surface area (Å²) in [6.45, 7) is 11.4. The van der Waals surface area contributed by atoms with E-state index in [4.69, 9.17) is 13.8 Å². The van der Waals surface area contributed by atoms with Crippen LogP contribution in [-0.2, 0) is 35.6 Å². The molecule has 7 heteroatoms. The summed E-state index contributed by atoms with van der Waals surface area (Å²) >= 11 is 4.35. The number of pyridine rings is 1. The average molecular weight is 1350 g/mol. The number of para-hydroxylation sites is 3. The smallest absolute Gasteiger partial charge is 0.0894 e. The zero-order chi connectivity index (χ0) is 63.0. The second-order valence-electron chi connectivity index (χ2n) is 25.6. The van der Waals surface area contributed by atoms with Gasteiger partial charge >= 0.3 is 346 Å². The Morgan fingerprint density at radius 2 is 0.989 bits per heavy atom. The van der Waals surface area contributed by atoms with Gasteiger partial charge in [-0.25, -0.2) is 0 Å². The Labute approximate surface area is 539 Å². The molecule has 0 atom stereocenters.